The van der Waals surface area contributed by atoms with Crippen molar-refractivity contribution in [2.45, 2.75) is 0 Å². The second-order valence-corrected chi connectivity index (χ2v) is 5.66. The fourth-order valence-corrected chi connectivity index (χ4v) is 2.48. The molecule has 0 fully saturated rings. The van der Waals surface area contributed by atoms with Gasteiger partial charge >= 0.3 is 5.97 Å². The number of benzene rings is 2. The van der Waals surface area contributed by atoms with Crippen molar-refractivity contribution in [2.24, 2.45) is 0 Å². The number of para-hydroxylation sites is 2. The summed E-state index contributed by atoms with van der Waals surface area (Å²) in [5.74, 6) is 0.284. The first-order valence-electron chi connectivity index (χ1n) is 7.66. The molecule has 4 N–H and O–H groups in total. The minimum atomic E-state index is -0.463. The normalized spacial score (nSPS) is 10.2. The highest BCUT2D eigenvalue weighted by Crippen LogP contribution is 2.31. The van der Waals surface area contributed by atoms with Crippen molar-refractivity contribution in [3.63, 3.8) is 0 Å². The van der Waals surface area contributed by atoms with Crippen molar-refractivity contribution in [1.29, 1.82) is 0 Å². The van der Waals surface area contributed by atoms with Gasteiger partial charge in [0.15, 0.2) is 11.6 Å². The van der Waals surface area contributed by atoms with Crippen molar-refractivity contribution in [3.8, 4) is 0 Å². The van der Waals surface area contributed by atoms with Gasteiger partial charge < -0.3 is 21.1 Å². The molecule has 0 aliphatic carbocycles. The molecular formula is C18H16ClN5O2. The quantitative estimate of drug-likeness (QED) is 0.584. The number of carbonyl (C=O) groups excluding carboxylic acids is 1. The number of hydrogen-bond donors (Lipinski definition) is 3. The van der Waals surface area contributed by atoms with Crippen molar-refractivity contribution >= 4 is 46.3 Å². The molecule has 7 nitrogen and oxygen atoms in total. The summed E-state index contributed by atoms with van der Waals surface area (Å²) in [5, 5.41) is 6.66. The van der Waals surface area contributed by atoms with Crippen LogP contribution in [-0.4, -0.2) is 23.0 Å². The van der Waals surface area contributed by atoms with Gasteiger partial charge in [-0.25, -0.2) is 14.8 Å². The zero-order chi connectivity index (χ0) is 18.5. The van der Waals surface area contributed by atoms with Crippen molar-refractivity contribution < 1.29 is 9.53 Å². The lowest BCUT2D eigenvalue weighted by atomic mass is 10.2. The van der Waals surface area contributed by atoms with Crippen LogP contribution in [0.25, 0.3) is 0 Å². The molecule has 8 heteroatoms. The van der Waals surface area contributed by atoms with E-state index in [1.807, 2.05) is 18.2 Å². The number of nitrogens with zero attached hydrogens (tertiary/aromatic N) is 2. The van der Waals surface area contributed by atoms with Gasteiger partial charge in [0.2, 0.25) is 0 Å². The molecule has 3 rings (SSSR count). The summed E-state index contributed by atoms with van der Waals surface area (Å²) in [6.07, 6.45) is 1.36. The monoisotopic (exact) mass is 369 g/mol. The van der Waals surface area contributed by atoms with E-state index >= 15 is 0 Å². The van der Waals surface area contributed by atoms with Crippen LogP contribution in [0.1, 0.15) is 10.4 Å². The molecule has 0 atom stereocenters. The lowest BCUT2D eigenvalue weighted by molar-refractivity contribution is 0.0602. The first-order valence-corrected chi connectivity index (χ1v) is 8.04. The molecule has 2 aromatic carbocycles. The summed E-state index contributed by atoms with van der Waals surface area (Å²) in [6.45, 7) is 0. The van der Waals surface area contributed by atoms with E-state index in [1.165, 1.54) is 13.4 Å². The zero-order valence-corrected chi connectivity index (χ0v) is 14.6. The van der Waals surface area contributed by atoms with E-state index in [9.17, 15) is 4.79 Å². The minimum absolute atomic E-state index is 0.284. The highest BCUT2D eigenvalue weighted by molar-refractivity contribution is 6.33. The summed E-state index contributed by atoms with van der Waals surface area (Å²) in [7, 11) is 1.32. The van der Waals surface area contributed by atoms with E-state index < -0.39 is 5.97 Å². The number of hydrogen-bond acceptors (Lipinski definition) is 7. The van der Waals surface area contributed by atoms with Gasteiger partial charge in [0.05, 0.1) is 29.1 Å². The number of rotatable bonds is 5. The van der Waals surface area contributed by atoms with Gasteiger partial charge in [-0.05, 0) is 24.3 Å². The lowest BCUT2D eigenvalue weighted by Crippen LogP contribution is -2.09. The van der Waals surface area contributed by atoms with Crippen LogP contribution in [0.3, 0.4) is 0 Å². The number of nitrogens with one attached hydrogen (secondary N) is 2. The largest absolute Gasteiger partial charge is 0.465 e. The van der Waals surface area contributed by atoms with Crippen LogP contribution in [0.5, 0.6) is 0 Å². The number of ether oxygens (including phenoxy) is 1. The van der Waals surface area contributed by atoms with E-state index in [1.54, 1.807) is 30.3 Å². The average molecular weight is 370 g/mol. The molecule has 0 saturated heterocycles. The number of halogens is 1. The predicted octanol–water partition coefficient (Wildman–Crippen LogP) is 3.99. The highest BCUT2D eigenvalue weighted by Gasteiger charge is 2.14. The summed E-state index contributed by atoms with van der Waals surface area (Å²) >= 11 is 6.15. The third-order valence-electron chi connectivity index (χ3n) is 3.60. The first kappa shape index (κ1) is 17.5. The second-order valence-electron chi connectivity index (χ2n) is 5.25. The summed E-state index contributed by atoms with van der Waals surface area (Å²) < 4.78 is 4.79. The highest BCUT2D eigenvalue weighted by atomic mass is 35.5. The number of anilines is 5. The molecule has 0 unspecified atom stereocenters. The summed E-state index contributed by atoms with van der Waals surface area (Å²) in [5.41, 5.74) is 8.02. The van der Waals surface area contributed by atoms with E-state index in [4.69, 9.17) is 22.1 Å². The number of aromatic nitrogens is 2. The molecule has 0 radical (unpaired) electrons. The SMILES string of the molecule is COC(=O)c1ccccc1Nc1ncnc(Nc2ccccc2Cl)c1N. The predicted molar refractivity (Wildman–Crippen MR) is 102 cm³/mol. The van der Waals surface area contributed by atoms with Crippen LogP contribution in [0.15, 0.2) is 54.9 Å². The Hall–Kier alpha value is -3.32. The maximum Gasteiger partial charge on any atom is 0.339 e. The van der Waals surface area contributed by atoms with E-state index in [2.05, 4.69) is 20.6 Å². The van der Waals surface area contributed by atoms with Gasteiger partial charge in [-0.15, -0.1) is 0 Å². The van der Waals surface area contributed by atoms with Gasteiger partial charge in [0.1, 0.15) is 12.0 Å². The molecule has 3 aromatic rings. The standard InChI is InChI=1S/C18H16ClN5O2/c1-26-18(25)11-6-2-4-8-13(11)23-16-15(20)17(22-10-21-16)24-14-9-5-3-7-12(14)19/h2-10H,20H2,1H3,(H2,21,22,23,24). The second kappa shape index (κ2) is 7.71. The molecule has 1 aromatic heterocycles. The molecule has 0 aliphatic heterocycles. The number of nitrogen functional groups attached to an aromatic ring is 1. The Balaban J connectivity index is 1.91. The third-order valence-corrected chi connectivity index (χ3v) is 3.93. The van der Waals surface area contributed by atoms with E-state index in [0.29, 0.717) is 33.6 Å². The van der Waals surface area contributed by atoms with E-state index in [-0.39, 0.29) is 5.69 Å². The van der Waals surface area contributed by atoms with Crippen LogP contribution in [0.2, 0.25) is 5.02 Å². The topological polar surface area (TPSA) is 102 Å². The van der Waals surface area contributed by atoms with Crippen LogP contribution in [-0.2, 0) is 4.74 Å². The Kier molecular flexibility index (Phi) is 5.19. The maximum atomic E-state index is 11.9. The first-order chi connectivity index (χ1) is 12.6. The van der Waals surface area contributed by atoms with Crippen LogP contribution in [0, 0.1) is 0 Å². The fourth-order valence-electron chi connectivity index (χ4n) is 2.29. The molecule has 26 heavy (non-hydrogen) atoms. The number of carbonyl (C=O) groups is 1. The minimum Gasteiger partial charge on any atom is -0.465 e. The van der Waals surface area contributed by atoms with E-state index in [0.717, 1.165) is 0 Å². The zero-order valence-electron chi connectivity index (χ0n) is 13.9. The van der Waals surface area contributed by atoms with Crippen molar-refractivity contribution in [3.05, 3.63) is 65.4 Å². The lowest BCUT2D eigenvalue weighted by Gasteiger charge is -2.14. The average Bonchev–Trinajstić information content (AvgIpc) is 2.66. The van der Waals surface area contributed by atoms with Crippen molar-refractivity contribution in [1.82, 2.24) is 9.97 Å². The Morgan fingerprint density at radius 3 is 2.23 bits per heavy atom. The smallest absolute Gasteiger partial charge is 0.339 e. The molecule has 0 amide bonds. The van der Waals surface area contributed by atoms with Gasteiger partial charge in [-0.1, -0.05) is 35.9 Å². The molecule has 1 heterocycles. The molecule has 0 aliphatic rings. The molecular weight excluding hydrogens is 354 g/mol. The van der Waals surface area contributed by atoms with Gasteiger partial charge in [0.25, 0.3) is 0 Å². The summed E-state index contributed by atoms with van der Waals surface area (Å²) in [6, 6.07) is 14.1. The Bertz CT molecular complexity index is 948. The fraction of sp³-hybridized carbons (Fsp3) is 0.0556. The van der Waals surface area contributed by atoms with Gasteiger partial charge in [-0.3, -0.25) is 0 Å². The molecule has 0 bridgehead atoms. The van der Waals surface area contributed by atoms with Crippen LogP contribution < -0.4 is 16.4 Å². The third kappa shape index (κ3) is 3.68. The Morgan fingerprint density at radius 1 is 1.00 bits per heavy atom. The van der Waals surface area contributed by atoms with Gasteiger partial charge in [0, 0.05) is 0 Å². The van der Waals surface area contributed by atoms with Crippen LogP contribution in [0.4, 0.5) is 28.7 Å². The molecule has 132 valence electrons. The summed E-state index contributed by atoms with van der Waals surface area (Å²) in [4.78, 5) is 20.2. The van der Waals surface area contributed by atoms with Crippen molar-refractivity contribution in [2.75, 3.05) is 23.5 Å². The maximum absolute atomic E-state index is 11.9. The Morgan fingerprint density at radius 2 is 1.58 bits per heavy atom. The molecule has 0 spiro atoms. The van der Waals surface area contributed by atoms with Crippen LogP contribution >= 0.6 is 11.6 Å². The Labute approximate surface area is 155 Å². The van der Waals surface area contributed by atoms with Gasteiger partial charge in [-0.2, -0.15) is 0 Å². The number of methoxy groups -OCH3 is 1. The number of esters is 1. The number of nitrogens with two attached hydrogens (primary N) is 1. The molecule has 0 saturated carbocycles.